The molecule has 0 aromatic heterocycles. The van der Waals surface area contributed by atoms with Crippen LogP contribution in [0.2, 0.25) is 0 Å². The second kappa shape index (κ2) is 8.73. The summed E-state index contributed by atoms with van der Waals surface area (Å²) < 4.78 is 5.58. The SMILES string of the molecule is CCCN(CCC)C(=O)C1(OC)CCNCC1.Cl. The number of rotatable bonds is 6. The van der Waals surface area contributed by atoms with Gasteiger partial charge in [-0.25, -0.2) is 0 Å². The molecule has 0 unspecified atom stereocenters. The zero-order valence-corrected chi connectivity index (χ0v) is 12.6. The predicted molar refractivity (Wildman–Crippen MR) is 76.3 cm³/mol. The molecule has 1 rings (SSSR count). The van der Waals surface area contributed by atoms with Gasteiger partial charge in [0, 0.05) is 20.2 Å². The number of methoxy groups -OCH3 is 1. The summed E-state index contributed by atoms with van der Waals surface area (Å²) in [6.45, 7) is 7.63. The van der Waals surface area contributed by atoms with Crippen LogP contribution in [0.4, 0.5) is 0 Å². The zero-order valence-electron chi connectivity index (χ0n) is 11.8. The standard InChI is InChI=1S/C13H26N2O2.ClH/c1-4-10-15(11-5-2)12(16)13(17-3)6-8-14-9-7-13;/h14H,4-11H2,1-3H3;1H. The van der Waals surface area contributed by atoms with Crippen molar-refractivity contribution >= 4 is 18.3 Å². The quantitative estimate of drug-likeness (QED) is 0.806. The molecule has 108 valence electrons. The highest BCUT2D eigenvalue weighted by atomic mass is 35.5. The first-order valence-electron chi connectivity index (χ1n) is 6.75. The van der Waals surface area contributed by atoms with Gasteiger partial charge in [-0.1, -0.05) is 13.8 Å². The molecular weight excluding hydrogens is 252 g/mol. The minimum atomic E-state index is -0.574. The van der Waals surface area contributed by atoms with Crippen molar-refractivity contribution in [1.82, 2.24) is 10.2 Å². The number of halogens is 1. The lowest BCUT2D eigenvalue weighted by Gasteiger charge is -2.38. The van der Waals surface area contributed by atoms with Crippen LogP contribution in [0.3, 0.4) is 0 Å². The molecular formula is C13H27ClN2O2. The van der Waals surface area contributed by atoms with Gasteiger partial charge in [0.25, 0.3) is 5.91 Å². The highest BCUT2D eigenvalue weighted by Crippen LogP contribution is 2.25. The van der Waals surface area contributed by atoms with E-state index in [1.165, 1.54) is 0 Å². The number of hydrogen-bond acceptors (Lipinski definition) is 3. The summed E-state index contributed by atoms with van der Waals surface area (Å²) in [6.07, 6.45) is 3.58. The van der Waals surface area contributed by atoms with Gasteiger partial charge in [0.15, 0.2) is 0 Å². The summed E-state index contributed by atoms with van der Waals surface area (Å²) >= 11 is 0. The van der Waals surface area contributed by atoms with Crippen LogP contribution >= 0.6 is 12.4 Å². The molecule has 1 saturated heterocycles. The second-order valence-electron chi connectivity index (χ2n) is 4.74. The van der Waals surface area contributed by atoms with Crippen LogP contribution in [0.5, 0.6) is 0 Å². The van der Waals surface area contributed by atoms with Gasteiger partial charge in [-0.3, -0.25) is 4.79 Å². The van der Waals surface area contributed by atoms with Crippen LogP contribution in [0.25, 0.3) is 0 Å². The largest absolute Gasteiger partial charge is 0.368 e. The maximum atomic E-state index is 12.6. The highest BCUT2D eigenvalue weighted by Gasteiger charge is 2.41. The average molecular weight is 279 g/mol. The van der Waals surface area contributed by atoms with Crippen LogP contribution in [0, 0.1) is 0 Å². The summed E-state index contributed by atoms with van der Waals surface area (Å²) in [4.78, 5) is 14.6. The molecule has 0 saturated carbocycles. The molecule has 0 spiro atoms. The van der Waals surface area contributed by atoms with E-state index in [1.54, 1.807) is 7.11 Å². The van der Waals surface area contributed by atoms with E-state index in [4.69, 9.17) is 4.74 Å². The first kappa shape index (κ1) is 17.7. The van der Waals surface area contributed by atoms with Crippen LogP contribution in [-0.4, -0.2) is 49.7 Å². The van der Waals surface area contributed by atoms with Crippen molar-refractivity contribution in [1.29, 1.82) is 0 Å². The van der Waals surface area contributed by atoms with Gasteiger partial charge in [0.1, 0.15) is 5.60 Å². The predicted octanol–water partition coefficient (Wildman–Crippen LogP) is 1.83. The Balaban J connectivity index is 0.00000289. The lowest BCUT2D eigenvalue weighted by molar-refractivity contribution is -0.158. The van der Waals surface area contributed by atoms with Crippen molar-refractivity contribution in [3.05, 3.63) is 0 Å². The number of piperidine rings is 1. The average Bonchev–Trinajstić information content (AvgIpc) is 2.38. The highest BCUT2D eigenvalue weighted by molar-refractivity contribution is 5.85. The van der Waals surface area contributed by atoms with Crippen molar-refractivity contribution in [3.63, 3.8) is 0 Å². The molecule has 1 aliphatic heterocycles. The maximum Gasteiger partial charge on any atom is 0.254 e. The molecule has 0 atom stereocenters. The number of amides is 1. The Kier molecular flexibility index (Phi) is 8.57. The fraction of sp³-hybridized carbons (Fsp3) is 0.923. The van der Waals surface area contributed by atoms with Crippen molar-refractivity contribution in [2.24, 2.45) is 0 Å². The van der Waals surface area contributed by atoms with E-state index in [1.807, 2.05) is 4.90 Å². The van der Waals surface area contributed by atoms with Gasteiger partial charge in [-0.05, 0) is 38.8 Å². The summed E-state index contributed by atoms with van der Waals surface area (Å²) in [5.74, 6) is 0.185. The van der Waals surface area contributed by atoms with Crippen LogP contribution < -0.4 is 5.32 Å². The fourth-order valence-corrected chi connectivity index (χ4v) is 2.48. The number of nitrogens with zero attached hydrogens (tertiary/aromatic N) is 1. The van der Waals surface area contributed by atoms with Gasteiger partial charge < -0.3 is 15.0 Å². The molecule has 1 fully saturated rings. The van der Waals surface area contributed by atoms with E-state index in [0.717, 1.165) is 51.9 Å². The van der Waals surface area contributed by atoms with Gasteiger partial charge in [-0.15, -0.1) is 12.4 Å². The molecule has 1 amide bonds. The summed E-state index contributed by atoms with van der Waals surface area (Å²) in [5, 5.41) is 3.28. The molecule has 4 nitrogen and oxygen atoms in total. The van der Waals surface area contributed by atoms with E-state index < -0.39 is 5.60 Å². The molecule has 1 heterocycles. The summed E-state index contributed by atoms with van der Waals surface area (Å²) in [5.41, 5.74) is -0.574. The van der Waals surface area contributed by atoms with E-state index in [0.29, 0.717) is 0 Å². The molecule has 0 aromatic rings. The number of carbonyl (C=O) groups excluding carboxylic acids is 1. The second-order valence-corrected chi connectivity index (χ2v) is 4.74. The van der Waals surface area contributed by atoms with Gasteiger partial charge in [0.05, 0.1) is 0 Å². The van der Waals surface area contributed by atoms with Crippen LogP contribution in [-0.2, 0) is 9.53 Å². The molecule has 18 heavy (non-hydrogen) atoms. The Morgan fingerprint density at radius 3 is 2.11 bits per heavy atom. The summed E-state index contributed by atoms with van der Waals surface area (Å²) in [6, 6.07) is 0. The number of carbonyl (C=O) groups is 1. The molecule has 5 heteroatoms. The minimum absolute atomic E-state index is 0. The third kappa shape index (κ3) is 4.11. The third-order valence-corrected chi connectivity index (χ3v) is 3.47. The Bertz CT molecular complexity index is 237. The first-order valence-corrected chi connectivity index (χ1v) is 6.75. The lowest BCUT2D eigenvalue weighted by Crippen LogP contribution is -2.55. The van der Waals surface area contributed by atoms with E-state index in [-0.39, 0.29) is 18.3 Å². The Morgan fingerprint density at radius 1 is 1.22 bits per heavy atom. The molecule has 0 aliphatic carbocycles. The minimum Gasteiger partial charge on any atom is -0.368 e. The van der Waals surface area contributed by atoms with Crippen molar-refractivity contribution in [2.75, 3.05) is 33.3 Å². The maximum absolute atomic E-state index is 12.6. The smallest absolute Gasteiger partial charge is 0.254 e. The molecule has 0 radical (unpaired) electrons. The van der Waals surface area contributed by atoms with Crippen LogP contribution in [0.15, 0.2) is 0 Å². The van der Waals surface area contributed by atoms with Crippen molar-refractivity contribution in [3.8, 4) is 0 Å². The molecule has 1 aliphatic rings. The van der Waals surface area contributed by atoms with E-state index in [9.17, 15) is 4.79 Å². The normalized spacial score (nSPS) is 17.9. The Labute approximate surface area is 117 Å². The van der Waals surface area contributed by atoms with Gasteiger partial charge in [-0.2, -0.15) is 0 Å². The third-order valence-electron chi connectivity index (χ3n) is 3.47. The van der Waals surface area contributed by atoms with E-state index in [2.05, 4.69) is 19.2 Å². The molecule has 1 N–H and O–H groups in total. The monoisotopic (exact) mass is 278 g/mol. The van der Waals surface area contributed by atoms with Crippen molar-refractivity contribution < 1.29 is 9.53 Å². The fourth-order valence-electron chi connectivity index (χ4n) is 2.48. The van der Waals surface area contributed by atoms with Crippen LogP contribution in [0.1, 0.15) is 39.5 Å². The number of ether oxygens (including phenoxy) is 1. The Morgan fingerprint density at radius 2 is 1.72 bits per heavy atom. The van der Waals surface area contributed by atoms with Gasteiger partial charge in [0.2, 0.25) is 0 Å². The summed E-state index contributed by atoms with van der Waals surface area (Å²) in [7, 11) is 1.67. The van der Waals surface area contributed by atoms with Crippen molar-refractivity contribution in [2.45, 2.75) is 45.1 Å². The number of hydrogen-bond donors (Lipinski definition) is 1. The number of nitrogens with one attached hydrogen (secondary N) is 1. The van der Waals surface area contributed by atoms with E-state index >= 15 is 0 Å². The topological polar surface area (TPSA) is 41.6 Å². The Hall–Kier alpha value is -0.320. The molecule has 0 aromatic carbocycles. The molecule has 0 bridgehead atoms. The van der Waals surface area contributed by atoms with Gasteiger partial charge >= 0.3 is 0 Å². The zero-order chi connectivity index (χ0) is 12.7. The first-order chi connectivity index (χ1) is 8.20. The lowest BCUT2D eigenvalue weighted by atomic mass is 9.90.